The van der Waals surface area contributed by atoms with Crippen LogP contribution < -0.4 is 11.0 Å². The highest BCUT2D eigenvalue weighted by Crippen LogP contribution is 2.23. The highest BCUT2D eigenvalue weighted by atomic mass is 35.5. The molecule has 0 amide bonds. The summed E-state index contributed by atoms with van der Waals surface area (Å²) in [4.78, 5) is 18.1. The maximum atomic E-state index is 11.4. The van der Waals surface area contributed by atoms with Gasteiger partial charge in [-0.15, -0.1) is 0 Å². The summed E-state index contributed by atoms with van der Waals surface area (Å²) in [7, 11) is 0. The van der Waals surface area contributed by atoms with Crippen molar-refractivity contribution in [3.8, 4) is 5.69 Å². The smallest absolute Gasteiger partial charge is 0.252 e. The highest BCUT2D eigenvalue weighted by molar-refractivity contribution is 6.32. The van der Waals surface area contributed by atoms with Crippen LogP contribution in [0.3, 0.4) is 0 Å². The van der Waals surface area contributed by atoms with Crippen LogP contribution in [0.4, 0.5) is 5.95 Å². The van der Waals surface area contributed by atoms with E-state index in [2.05, 4.69) is 25.6 Å². The third-order valence-corrected chi connectivity index (χ3v) is 3.93. The SMILES string of the molecule is Cc1cc(=O)[nH]c(N/N=C/c2c(C)nn(-c3cccc(Cl)c3)c2Cl)n1. The van der Waals surface area contributed by atoms with E-state index in [4.69, 9.17) is 23.2 Å². The van der Waals surface area contributed by atoms with Crippen molar-refractivity contribution in [2.24, 2.45) is 5.10 Å². The minimum Gasteiger partial charge on any atom is -0.291 e. The first-order chi connectivity index (χ1) is 11.9. The zero-order chi connectivity index (χ0) is 18.0. The Labute approximate surface area is 153 Å². The van der Waals surface area contributed by atoms with Gasteiger partial charge in [-0.3, -0.25) is 9.78 Å². The number of anilines is 1. The topological polar surface area (TPSA) is 88.0 Å². The molecule has 0 unspecified atom stereocenters. The summed E-state index contributed by atoms with van der Waals surface area (Å²) in [6, 6.07) is 8.60. The van der Waals surface area contributed by atoms with Crippen LogP contribution in [0.25, 0.3) is 5.69 Å². The first kappa shape index (κ1) is 17.2. The van der Waals surface area contributed by atoms with Gasteiger partial charge in [-0.1, -0.05) is 29.3 Å². The van der Waals surface area contributed by atoms with Gasteiger partial charge < -0.3 is 0 Å². The fourth-order valence-electron chi connectivity index (χ4n) is 2.23. The molecule has 0 aliphatic carbocycles. The van der Waals surface area contributed by atoms with Crippen LogP contribution in [0.5, 0.6) is 0 Å². The quantitative estimate of drug-likeness (QED) is 0.539. The van der Waals surface area contributed by atoms with Crippen LogP contribution in [-0.2, 0) is 0 Å². The van der Waals surface area contributed by atoms with Crippen LogP contribution in [0.15, 0.2) is 40.2 Å². The molecule has 9 heteroatoms. The van der Waals surface area contributed by atoms with Crippen molar-refractivity contribution in [2.75, 3.05) is 5.43 Å². The maximum Gasteiger partial charge on any atom is 0.252 e. The molecule has 0 aliphatic rings. The van der Waals surface area contributed by atoms with Crippen LogP contribution in [0.2, 0.25) is 10.2 Å². The molecule has 3 rings (SSSR count). The van der Waals surface area contributed by atoms with E-state index in [-0.39, 0.29) is 11.5 Å². The van der Waals surface area contributed by atoms with Gasteiger partial charge >= 0.3 is 0 Å². The number of nitrogens with one attached hydrogen (secondary N) is 2. The molecule has 7 nitrogen and oxygen atoms in total. The Balaban J connectivity index is 1.87. The molecule has 128 valence electrons. The number of aromatic amines is 1. The number of nitrogens with zero attached hydrogens (tertiary/aromatic N) is 4. The van der Waals surface area contributed by atoms with E-state index in [1.54, 1.807) is 23.7 Å². The molecular formula is C16H14Cl2N6O. The zero-order valence-electron chi connectivity index (χ0n) is 13.4. The molecule has 2 aromatic heterocycles. The minimum absolute atomic E-state index is 0.247. The zero-order valence-corrected chi connectivity index (χ0v) is 14.9. The Hall–Kier alpha value is -2.64. The van der Waals surface area contributed by atoms with Crippen molar-refractivity contribution < 1.29 is 0 Å². The molecule has 2 N–H and O–H groups in total. The Morgan fingerprint density at radius 2 is 2.08 bits per heavy atom. The molecule has 0 spiro atoms. The van der Waals surface area contributed by atoms with Gasteiger partial charge in [0.25, 0.3) is 5.56 Å². The van der Waals surface area contributed by atoms with Gasteiger partial charge in [0.2, 0.25) is 5.95 Å². The second-order valence-corrected chi connectivity index (χ2v) is 6.08. The number of rotatable bonds is 4. The number of halogens is 2. The predicted octanol–water partition coefficient (Wildman–Crippen LogP) is 3.33. The number of benzene rings is 1. The van der Waals surface area contributed by atoms with Crippen LogP contribution >= 0.6 is 23.2 Å². The second kappa shape index (κ2) is 7.08. The van der Waals surface area contributed by atoms with Crippen molar-refractivity contribution in [3.63, 3.8) is 0 Å². The number of hydrazone groups is 1. The first-order valence-corrected chi connectivity index (χ1v) is 8.08. The lowest BCUT2D eigenvalue weighted by Gasteiger charge is -2.03. The van der Waals surface area contributed by atoms with E-state index < -0.39 is 0 Å². The van der Waals surface area contributed by atoms with Gasteiger partial charge in [0.15, 0.2) is 0 Å². The van der Waals surface area contributed by atoms with Crippen molar-refractivity contribution in [1.29, 1.82) is 0 Å². The Kier molecular flexibility index (Phi) is 4.87. The summed E-state index contributed by atoms with van der Waals surface area (Å²) < 4.78 is 1.58. The highest BCUT2D eigenvalue weighted by Gasteiger charge is 2.13. The molecule has 0 saturated carbocycles. The summed E-state index contributed by atoms with van der Waals surface area (Å²) in [6.45, 7) is 3.54. The van der Waals surface area contributed by atoms with Gasteiger partial charge in [0.05, 0.1) is 23.2 Å². The molecule has 0 fully saturated rings. The van der Waals surface area contributed by atoms with Gasteiger partial charge in [-0.25, -0.2) is 15.1 Å². The van der Waals surface area contributed by atoms with Gasteiger partial charge in [0.1, 0.15) is 5.15 Å². The number of hydrogen-bond donors (Lipinski definition) is 2. The molecule has 25 heavy (non-hydrogen) atoms. The standard InChI is InChI=1S/C16H14Cl2N6O/c1-9-6-14(25)21-16(20-9)22-19-8-13-10(2)23-24(15(13)18)12-5-3-4-11(17)7-12/h3-8H,1-2H3,(H2,20,21,22,25)/b19-8+. The molecule has 0 atom stereocenters. The average Bonchev–Trinajstić information content (AvgIpc) is 2.82. The van der Waals surface area contributed by atoms with Crippen molar-refractivity contribution in [1.82, 2.24) is 19.7 Å². The summed E-state index contributed by atoms with van der Waals surface area (Å²) in [5.74, 6) is 0.247. The number of H-pyrrole nitrogens is 1. The van der Waals surface area contributed by atoms with Crippen molar-refractivity contribution >= 4 is 35.4 Å². The second-order valence-electron chi connectivity index (χ2n) is 5.29. The van der Waals surface area contributed by atoms with E-state index in [1.807, 2.05) is 19.1 Å². The van der Waals surface area contributed by atoms with Crippen molar-refractivity contribution in [3.05, 3.63) is 67.8 Å². The Bertz CT molecular complexity index is 1010. The van der Waals surface area contributed by atoms with E-state index >= 15 is 0 Å². The average molecular weight is 377 g/mol. The van der Waals surface area contributed by atoms with E-state index in [9.17, 15) is 4.79 Å². The molecular weight excluding hydrogens is 363 g/mol. The lowest BCUT2D eigenvalue weighted by atomic mass is 10.3. The Morgan fingerprint density at radius 1 is 1.28 bits per heavy atom. The predicted molar refractivity (Wildman–Crippen MR) is 99.1 cm³/mol. The molecule has 2 heterocycles. The summed E-state index contributed by atoms with van der Waals surface area (Å²) >= 11 is 12.4. The lowest BCUT2D eigenvalue weighted by molar-refractivity contribution is 0.863. The van der Waals surface area contributed by atoms with E-state index in [0.29, 0.717) is 27.1 Å². The summed E-state index contributed by atoms with van der Waals surface area (Å²) in [5.41, 5.74) is 5.09. The molecule has 0 saturated heterocycles. The molecule has 0 bridgehead atoms. The van der Waals surface area contributed by atoms with Crippen LogP contribution in [0, 0.1) is 13.8 Å². The first-order valence-electron chi connectivity index (χ1n) is 7.32. The van der Waals surface area contributed by atoms with Crippen LogP contribution in [0.1, 0.15) is 17.0 Å². The number of aryl methyl sites for hydroxylation is 2. The van der Waals surface area contributed by atoms with Gasteiger partial charge in [-0.05, 0) is 32.0 Å². The Morgan fingerprint density at radius 3 is 2.80 bits per heavy atom. The summed E-state index contributed by atoms with van der Waals surface area (Å²) in [5, 5.41) is 9.47. The number of hydrogen-bond acceptors (Lipinski definition) is 5. The maximum absolute atomic E-state index is 11.4. The minimum atomic E-state index is -0.256. The molecule has 1 aromatic carbocycles. The van der Waals surface area contributed by atoms with Gasteiger partial charge in [-0.2, -0.15) is 10.2 Å². The molecule has 0 aliphatic heterocycles. The van der Waals surface area contributed by atoms with Gasteiger partial charge in [0, 0.05) is 16.8 Å². The summed E-state index contributed by atoms with van der Waals surface area (Å²) in [6.07, 6.45) is 1.52. The van der Waals surface area contributed by atoms with Crippen LogP contribution in [-0.4, -0.2) is 26.0 Å². The van der Waals surface area contributed by atoms with Crippen molar-refractivity contribution in [2.45, 2.75) is 13.8 Å². The normalized spacial score (nSPS) is 11.2. The third kappa shape index (κ3) is 3.89. The van der Waals surface area contributed by atoms with E-state index in [0.717, 1.165) is 5.69 Å². The third-order valence-electron chi connectivity index (χ3n) is 3.33. The lowest BCUT2D eigenvalue weighted by Crippen LogP contribution is -2.10. The monoisotopic (exact) mass is 376 g/mol. The largest absolute Gasteiger partial charge is 0.291 e. The van der Waals surface area contributed by atoms with E-state index in [1.165, 1.54) is 12.3 Å². The molecule has 3 aromatic rings. The number of aromatic nitrogens is 4. The fourth-order valence-corrected chi connectivity index (χ4v) is 2.73. The fraction of sp³-hybridized carbons (Fsp3) is 0.125. The molecule has 0 radical (unpaired) electrons.